The Hall–Kier alpha value is 0.230. The number of hydrogen-bond donors (Lipinski definition) is 3. The third-order valence-electron chi connectivity index (χ3n) is 1.71. The highest BCUT2D eigenvalue weighted by Gasteiger charge is 2.07. The predicted molar refractivity (Wildman–Crippen MR) is 53.6 cm³/mol. The van der Waals surface area contributed by atoms with E-state index in [9.17, 15) is 0 Å². The molecule has 0 aliphatic rings. The predicted octanol–water partition coefficient (Wildman–Crippen LogP) is -0.161. The molecule has 0 aromatic rings. The van der Waals surface area contributed by atoms with E-state index in [0.29, 0.717) is 19.0 Å². The van der Waals surface area contributed by atoms with E-state index in [0.717, 1.165) is 12.3 Å². The largest absolute Gasteiger partial charge is 0.395 e. The summed E-state index contributed by atoms with van der Waals surface area (Å²) in [6.07, 6.45) is 0. The van der Waals surface area contributed by atoms with Crippen LogP contribution in [0, 0.1) is 5.92 Å². The minimum absolute atomic E-state index is 0.152. The smallest absolute Gasteiger partial charge is 0.0558 e. The van der Waals surface area contributed by atoms with Crippen molar-refractivity contribution in [3.63, 3.8) is 0 Å². The van der Waals surface area contributed by atoms with Crippen molar-refractivity contribution in [3.8, 4) is 0 Å². The summed E-state index contributed by atoms with van der Waals surface area (Å²) in [5.41, 5.74) is 0. The second kappa shape index (κ2) is 7.86. The molecule has 3 nitrogen and oxygen atoms in total. The van der Waals surface area contributed by atoms with Gasteiger partial charge in [0.15, 0.2) is 0 Å². The van der Waals surface area contributed by atoms with E-state index in [1.54, 1.807) is 0 Å². The van der Waals surface area contributed by atoms with Crippen molar-refractivity contribution in [2.45, 2.75) is 6.92 Å². The lowest BCUT2D eigenvalue weighted by Gasteiger charge is -2.22. The standard InChI is InChI=1S/C8H19NO2S/c1-8(7-12)6-9(2-4-10)3-5-11/h8,10-12H,2-7H2,1H3. The number of hydrogen-bond acceptors (Lipinski definition) is 4. The Balaban J connectivity index is 3.61. The Morgan fingerprint density at radius 1 is 1.25 bits per heavy atom. The molecular weight excluding hydrogens is 174 g/mol. The zero-order valence-corrected chi connectivity index (χ0v) is 8.50. The molecule has 0 aliphatic heterocycles. The molecule has 0 fully saturated rings. The number of aliphatic hydroxyl groups is 2. The minimum Gasteiger partial charge on any atom is -0.395 e. The number of rotatable bonds is 7. The molecule has 1 atom stereocenters. The van der Waals surface area contributed by atoms with Gasteiger partial charge in [0.2, 0.25) is 0 Å². The van der Waals surface area contributed by atoms with Crippen molar-refractivity contribution >= 4 is 12.6 Å². The van der Waals surface area contributed by atoms with Gasteiger partial charge in [0.25, 0.3) is 0 Å². The second-order valence-corrected chi connectivity index (χ2v) is 3.40. The van der Waals surface area contributed by atoms with Crippen LogP contribution in [0.4, 0.5) is 0 Å². The maximum Gasteiger partial charge on any atom is 0.0558 e. The molecule has 74 valence electrons. The summed E-state index contributed by atoms with van der Waals surface area (Å²) in [7, 11) is 0. The van der Waals surface area contributed by atoms with Gasteiger partial charge >= 0.3 is 0 Å². The lowest BCUT2D eigenvalue weighted by molar-refractivity contribution is 0.150. The number of aliphatic hydroxyl groups excluding tert-OH is 2. The molecular formula is C8H19NO2S. The highest BCUT2D eigenvalue weighted by atomic mass is 32.1. The molecule has 0 aromatic heterocycles. The van der Waals surface area contributed by atoms with Crippen LogP contribution in [-0.2, 0) is 0 Å². The fraction of sp³-hybridized carbons (Fsp3) is 1.00. The SMILES string of the molecule is CC(CS)CN(CCO)CCO. The van der Waals surface area contributed by atoms with Crippen LogP contribution in [0.25, 0.3) is 0 Å². The van der Waals surface area contributed by atoms with E-state index in [4.69, 9.17) is 10.2 Å². The first-order valence-electron chi connectivity index (χ1n) is 4.29. The number of nitrogens with zero attached hydrogens (tertiary/aromatic N) is 1. The summed E-state index contributed by atoms with van der Waals surface area (Å²) in [4.78, 5) is 2.04. The summed E-state index contributed by atoms with van der Waals surface area (Å²) in [6.45, 7) is 4.58. The van der Waals surface area contributed by atoms with Crippen molar-refractivity contribution in [2.24, 2.45) is 5.92 Å². The second-order valence-electron chi connectivity index (χ2n) is 3.04. The van der Waals surface area contributed by atoms with Crippen LogP contribution in [0.2, 0.25) is 0 Å². The van der Waals surface area contributed by atoms with Gasteiger partial charge in [-0.05, 0) is 11.7 Å². The lowest BCUT2D eigenvalue weighted by atomic mass is 10.2. The molecule has 0 heterocycles. The van der Waals surface area contributed by atoms with E-state index >= 15 is 0 Å². The van der Waals surface area contributed by atoms with Crippen LogP contribution < -0.4 is 0 Å². The first-order valence-corrected chi connectivity index (χ1v) is 4.92. The van der Waals surface area contributed by atoms with Crippen LogP contribution in [0.15, 0.2) is 0 Å². The zero-order chi connectivity index (χ0) is 9.40. The Bertz CT molecular complexity index is 97.1. The molecule has 0 aliphatic carbocycles. The van der Waals surface area contributed by atoms with Crippen molar-refractivity contribution in [1.82, 2.24) is 4.90 Å². The maximum absolute atomic E-state index is 8.71. The van der Waals surface area contributed by atoms with Gasteiger partial charge in [0, 0.05) is 19.6 Å². The topological polar surface area (TPSA) is 43.7 Å². The fourth-order valence-corrected chi connectivity index (χ4v) is 1.19. The van der Waals surface area contributed by atoms with Gasteiger partial charge in [-0.25, -0.2) is 0 Å². The maximum atomic E-state index is 8.71. The van der Waals surface area contributed by atoms with Crippen LogP contribution in [0.1, 0.15) is 6.92 Å². The first kappa shape index (κ1) is 12.2. The lowest BCUT2D eigenvalue weighted by Crippen LogP contribution is -2.34. The van der Waals surface area contributed by atoms with Crippen molar-refractivity contribution in [2.75, 3.05) is 38.6 Å². The minimum atomic E-state index is 0.152. The molecule has 0 bridgehead atoms. The molecule has 2 N–H and O–H groups in total. The summed E-state index contributed by atoms with van der Waals surface area (Å²) in [5.74, 6) is 1.35. The normalized spacial score (nSPS) is 13.8. The average Bonchev–Trinajstić information content (AvgIpc) is 2.05. The van der Waals surface area contributed by atoms with E-state index in [2.05, 4.69) is 19.6 Å². The Morgan fingerprint density at radius 2 is 1.75 bits per heavy atom. The summed E-state index contributed by atoms with van der Waals surface area (Å²) in [5, 5.41) is 17.4. The monoisotopic (exact) mass is 193 g/mol. The van der Waals surface area contributed by atoms with Crippen LogP contribution in [0.3, 0.4) is 0 Å². The van der Waals surface area contributed by atoms with E-state index in [1.165, 1.54) is 0 Å². The van der Waals surface area contributed by atoms with E-state index in [1.807, 2.05) is 4.90 Å². The third kappa shape index (κ3) is 5.83. The molecule has 0 saturated heterocycles. The first-order chi connectivity index (χ1) is 5.74. The van der Waals surface area contributed by atoms with Crippen LogP contribution in [0.5, 0.6) is 0 Å². The third-order valence-corrected chi connectivity index (χ3v) is 2.34. The molecule has 0 saturated carbocycles. The van der Waals surface area contributed by atoms with Crippen molar-refractivity contribution in [1.29, 1.82) is 0 Å². The van der Waals surface area contributed by atoms with E-state index < -0.39 is 0 Å². The molecule has 0 spiro atoms. The quantitative estimate of drug-likeness (QED) is 0.492. The molecule has 0 radical (unpaired) electrons. The molecule has 0 aromatic carbocycles. The summed E-state index contributed by atoms with van der Waals surface area (Å²) < 4.78 is 0. The molecule has 12 heavy (non-hydrogen) atoms. The highest BCUT2D eigenvalue weighted by Crippen LogP contribution is 2.01. The summed E-state index contributed by atoms with van der Waals surface area (Å²) >= 11 is 4.17. The molecule has 0 rings (SSSR count). The zero-order valence-electron chi connectivity index (χ0n) is 7.61. The van der Waals surface area contributed by atoms with Gasteiger partial charge < -0.3 is 10.2 Å². The van der Waals surface area contributed by atoms with Crippen molar-refractivity contribution < 1.29 is 10.2 Å². The number of thiol groups is 1. The van der Waals surface area contributed by atoms with Gasteiger partial charge in [0.05, 0.1) is 13.2 Å². The van der Waals surface area contributed by atoms with Crippen LogP contribution in [-0.4, -0.2) is 53.7 Å². The van der Waals surface area contributed by atoms with Gasteiger partial charge in [-0.2, -0.15) is 12.6 Å². The van der Waals surface area contributed by atoms with Crippen LogP contribution >= 0.6 is 12.6 Å². The molecule has 0 amide bonds. The van der Waals surface area contributed by atoms with Crippen molar-refractivity contribution in [3.05, 3.63) is 0 Å². The average molecular weight is 193 g/mol. The van der Waals surface area contributed by atoms with Gasteiger partial charge in [-0.1, -0.05) is 6.92 Å². The Labute approximate surface area is 79.8 Å². The van der Waals surface area contributed by atoms with Gasteiger partial charge in [-0.3, -0.25) is 4.90 Å². The molecule has 4 heteroatoms. The van der Waals surface area contributed by atoms with Gasteiger partial charge in [0.1, 0.15) is 0 Å². The summed E-state index contributed by atoms with van der Waals surface area (Å²) in [6, 6.07) is 0. The van der Waals surface area contributed by atoms with Gasteiger partial charge in [-0.15, -0.1) is 0 Å². The Kier molecular flexibility index (Phi) is 8.01. The fourth-order valence-electron chi connectivity index (χ4n) is 1.08. The molecule has 1 unspecified atom stereocenters. The highest BCUT2D eigenvalue weighted by molar-refractivity contribution is 7.80. The Morgan fingerprint density at radius 3 is 2.08 bits per heavy atom. The van der Waals surface area contributed by atoms with E-state index in [-0.39, 0.29) is 13.2 Å².